The molecule has 10 heteroatoms. The molecule has 178 valence electrons. The minimum atomic E-state index is -0.444. The van der Waals surface area contributed by atoms with E-state index < -0.39 is 4.92 Å². The van der Waals surface area contributed by atoms with E-state index in [1.54, 1.807) is 16.7 Å². The van der Waals surface area contributed by atoms with Crippen molar-refractivity contribution in [3.05, 3.63) is 105 Å². The van der Waals surface area contributed by atoms with Gasteiger partial charge < -0.3 is 10.6 Å². The number of anilines is 1. The van der Waals surface area contributed by atoms with Gasteiger partial charge in [0.15, 0.2) is 11.0 Å². The smallest absolute Gasteiger partial charge is 0.319 e. The second kappa shape index (κ2) is 10.8. The highest BCUT2D eigenvalue weighted by Crippen LogP contribution is 2.26. The van der Waals surface area contributed by atoms with E-state index in [0.29, 0.717) is 28.1 Å². The van der Waals surface area contributed by atoms with E-state index in [1.807, 2.05) is 62.4 Å². The summed E-state index contributed by atoms with van der Waals surface area (Å²) in [7, 11) is 0. The van der Waals surface area contributed by atoms with Crippen molar-refractivity contribution >= 4 is 29.2 Å². The number of thioether (sulfide) groups is 1. The van der Waals surface area contributed by atoms with Crippen LogP contribution in [0.25, 0.3) is 5.69 Å². The predicted molar refractivity (Wildman–Crippen MR) is 136 cm³/mol. The molecule has 0 aliphatic carbocycles. The topological polar surface area (TPSA) is 115 Å². The number of non-ortho nitro benzene ring substituents is 1. The number of rotatable bonds is 8. The molecule has 0 aliphatic rings. The Kier molecular flexibility index (Phi) is 7.41. The number of amides is 2. The maximum Gasteiger partial charge on any atom is 0.319 e. The first-order valence-corrected chi connectivity index (χ1v) is 11.9. The fourth-order valence-corrected chi connectivity index (χ4v) is 4.29. The van der Waals surface area contributed by atoms with Gasteiger partial charge in [-0.15, -0.1) is 10.2 Å². The van der Waals surface area contributed by atoms with Gasteiger partial charge in [-0.3, -0.25) is 14.7 Å². The number of aromatic nitrogens is 3. The standard InChI is InChI=1S/C25H24N6O3S/c1-17-8-9-20(14-18(17)2)27-24(32)26-15-23-28-29-25(35-16-19-6-4-3-5-7-19)30(23)21-10-12-22(13-11-21)31(33)34/h3-14H,15-16H2,1-2H3,(H2,26,27,32). The summed E-state index contributed by atoms with van der Waals surface area (Å²) in [6, 6.07) is 21.5. The fraction of sp³-hybridized carbons (Fsp3) is 0.160. The van der Waals surface area contributed by atoms with Gasteiger partial charge in [0.2, 0.25) is 0 Å². The molecule has 35 heavy (non-hydrogen) atoms. The molecule has 0 fully saturated rings. The van der Waals surface area contributed by atoms with Gasteiger partial charge in [0.1, 0.15) is 0 Å². The molecule has 2 N–H and O–H groups in total. The largest absolute Gasteiger partial charge is 0.331 e. The Hall–Kier alpha value is -4.18. The lowest BCUT2D eigenvalue weighted by Gasteiger charge is -2.12. The van der Waals surface area contributed by atoms with Crippen molar-refractivity contribution in [1.29, 1.82) is 0 Å². The molecule has 1 heterocycles. The van der Waals surface area contributed by atoms with Crippen molar-refractivity contribution in [1.82, 2.24) is 20.1 Å². The summed E-state index contributed by atoms with van der Waals surface area (Å²) in [6.07, 6.45) is 0. The first kappa shape index (κ1) is 24.0. The molecular formula is C25H24N6O3S. The van der Waals surface area contributed by atoms with E-state index in [-0.39, 0.29) is 18.3 Å². The SMILES string of the molecule is Cc1ccc(NC(=O)NCc2nnc(SCc3ccccc3)n2-c2ccc([N+](=O)[O-])cc2)cc1C. The second-order valence-electron chi connectivity index (χ2n) is 7.89. The maximum atomic E-state index is 12.5. The highest BCUT2D eigenvalue weighted by molar-refractivity contribution is 7.98. The number of hydrogen-bond donors (Lipinski definition) is 2. The van der Waals surface area contributed by atoms with Crippen molar-refractivity contribution in [2.75, 3.05) is 5.32 Å². The van der Waals surface area contributed by atoms with Crippen LogP contribution in [0.15, 0.2) is 78.0 Å². The molecule has 4 rings (SSSR count). The van der Waals surface area contributed by atoms with Crippen LogP contribution in [0.2, 0.25) is 0 Å². The number of urea groups is 1. The van der Waals surface area contributed by atoms with Crippen LogP contribution in [0.5, 0.6) is 0 Å². The Morgan fingerprint density at radius 1 is 1.00 bits per heavy atom. The monoisotopic (exact) mass is 488 g/mol. The third-order valence-corrected chi connectivity index (χ3v) is 6.40. The summed E-state index contributed by atoms with van der Waals surface area (Å²) in [5, 5.41) is 25.9. The second-order valence-corrected chi connectivity index (χ2v) is 8.83. The highest BCUT2D eigenvalue weighted by atomic mass is 32.2. The number of carbonyl (C=O) groups excluding carboxylic acids is 1. The van der Waals surface area contributed by atoms with Gasteiger partial charge >= 0.3 is 6.03 Å². The Balaban J connectivity index is 1.53. The number of nitro benzene ring substituents is 1. The molecule has 4 aromatic rings. The molecule has 0 unspecified atom stereocenters. The van der Waals surface area contributed by atoms with E-state index in [1.165, 1.54) is 23.9 Å². The van der Waals surface area contributed by atoms with Crippen molar-refractivity contribution in [3.63, 3.8) is 0 Å². The van der Waals surface area contributed by atoms with Crippen LogP contribution < -0.4 is 10.6 Å². The zero-order valence-corrected chi connectivity index (χ0v) is 20.1. The van der Waals surface area contributed by atoms with E-state index in [0.717, 1.165) is 16.7 Å². The van der Waals surface area contributed by atoms with Gasteiger partial charge in [0.05, 0.1) is 11.5 Å². The van der Waals surface area contributed by atoms with Crippen LogP contribution in [-0.2, 0) is 12.3 Å². The lowest BCUT2D eigenvalue weighted by Crippen LogP contribution is -2.29. The molecule has 0 radical (unpaired) electrons. The Bertz CT molecular complexity index is 1340. The number of aryl methyl sites for hydroxylation is 2. The summed E-state index contributed by atoms with van der Waals surface area (Å²) in [5.41, 5.74) is 4.72. The minimum Gasteiger partial charge on any atom is -0.331 e. The number of carbonyl (C=O) groups is 1. The van der Waals surface area contributed by atoms with Gasteiger partial charge in [-0.05, 0) is 54.8 Å². The van der Waals surface area contributed by atoms with Gasteiger partial charge in [-0.2, -0.15) is 0 Å². The summed E-state index contributed by atoms with van der Waals surface area (Å²) in [6.45, 7) is 4.11. The molecule has 2 amide bonds. The number of benzene rings is 3. The Morgan fingerprint density at radius 3 is 2.43 bits per heavy atom. The fourth-order valence-electron chi connectivity index (χ4n) is 3.37. The molecule has 0 bridgehead atoms. The van der Waals surface area contributed by atoms with Crippen molar-refractivity contribution in [2.45, 2.75) is 31.3 Å². The molecule has 9 nitrogen and oxygen atoms in total. The molecule has 0 aliphatic heterocycles. The molecule has 0 saturated heterocycles. The zero-order valence-electron chi connectivity index (χ0n) is 19.3. The van der Waals surface area contributed by atoms with E-state index >= 15 is 0 Å². The van der Waals surface area contributed by atoms with Crippen molar-refractivity contribution in [3.8, 4) is 5.69 Å². The van der Waals surface area contributed by atoms with Gasteiger partial charge in [-0.25, -0.2) is 4.79 Å². The Morgan fingerprint density at radius 2 is 1.74 bits per heavy atom. The first-order chi connectivity index (χ1) is 16.9. The van der Waals surface area contributed by atoms with Crippen LogP contribution in [0.3, 0.4) is 0 Å². The van der Waals surface area contributed by atoms with E-state index in [2.05, 4.69) is 20.8 Å². The predicted octanol–water partition coefficient (Wildman–Crippen LogP) is 5.41. The third kappa shape index (κ3) is 6.04. The average molecular weight is 489 g/mol. The van der Waals surface area contributed by atoms with Gasteiger partial charge in [0.25, 0.3) is 5.69 Å². The lowest BCUT2D eigenvalue weighted by molar-refractivity contribution is -0.384. The van der Waals surface area contributed by atoms with Gasteiger partial charge in [0, 0.05) is 29.3 Å². The summed E-state index contributed by atoms with van der Waals surface area (Å²) >= 11 is 1.49. The first-order valence-electron chi connectivity index (χ1n) is 10.9. The van der Waals surface area contributed by atoms with Crippen molar-refractivity contribution < 1.29 is 9.72 Å². The molecule has 1 aromatic heterocycles. The molecule has 0 spiro atoms. The van der Waals surface area contributed by atoms with E-state index in [4.69, 9.17) is 0 Å². The summed E-state index contributed by atoms with van der Waals surface area (Å²) in [5.74, 6) is 1.18. The molecule has 0 saturated carbocycles. The molecule has 3 aromatic carbocycles. The highest BCUT2D eigenvalue weighted by Gasteiger charge is 2.17. The maximum absolute atomic E-state index is 12.5. The van der Waals surface area contributed by atoms with Crippen LogP contribution in [0.4, 0.5) is 16.2 Å². The quantitative estimate of drug-likeness (QED) is 0.195. The number of nitro groups is 1. The van der Waals surface area contributed by atoms with Crippen LogP contribution >= 0.6 is 11.8 Å². The van der Waals surface area contributed by atoms with Gasteiger partial charge in [-0.1, -0.05) is 48.2 Å². The Labute approximate surface area is 206 Å². The minimum absolute atomic E-state index is 0.00671. The molecular weight excluding hydrogens is 464 g/mol. The number of nitrogens with one attached hydrogen (secondary N) is 2. The van der Waals surface area contributed by atoms with Crippen molar-refractivity contribution in [2.24, 2.45) is 0 Å². The normalized spacial score (nSPS) is 10.7. The summed E-state index contributed by atoms with van der Waals surface area (Å²) in [4.78, 5) is 23.1. The van der Waals surface area contributed by atoms with Crippen LogP contribution in [0, 0.1) is 24.0 Å². The third-order valence-electron chi connectivity index (χ3n) is 5.40. The summed E-state index contributed by atoms with van der Waals surface area (Å²) < 4.78 is 1.80. The van der Waals surface area contributed by atoms with Crippen LogP contribution in [-0.4, -0.2) is 25.7 Å². The lowest BCUT2D eigenvalue weighted by atomic mass is 10.1. The van der Waals surface area contributed by atoms with E-state index in [9.17, 15) is 14.9 Å². The number of hydrogen-bond acceptors (Lipinski definition) is 6. The zero-order chi connectivity index (χ0) is 24.8. The molecule has 0 atom stereocenters. The average Bonchev–Trinajstić information content (AvgIpc) is 3.27. The van der Waals surface area contributed by atoms with Crippen LogP contribution in [0.1, 0.15) is 22.5 Å². The number of nitrogens with zero attached hydrogens (tertiary/aromatic N) is 4.